The van der Waals surface area contributed by atoms with Gasteiger partial charge in [0.25, 0.3) is 0 Å². The molecule has 1 saturated heterocycles. The number of rotatable bonds is 4. The fourth-order valence-corrected chi connectivity index (χ4v) is 1.44. The second-order valence-electron chi connectivity index (χ2n) is 3.40. The summed E-state index contributed by atoms with van der Waals surface area (Å²) in [5, 5.41) is 0. The Morgan fingerprint density at radius 2 is 2.18 bits per heavy atom. The number of benzene rings is 1. The minimum atomic E-state index is -0.0913. The van der Waals surface area contributed by atoms with Crippen molar-refractivity contribution in [2.45, 2.75) is 19.1 Å². The van der Waals surface area contributed by atoms with E-state index in [1.54, 1.807) is 0 Å². The maximum Gasteiger partial charge on any atom is 0.160 e. The summed E-state index contributed by atoms with van der Waals surface area (Å²) >= 11 is 4.25. The summed E-state index contributed by atoms with van der Waals surface area (Å²) in [7, 11) is 0. The molecule has 0 spiro atoms. The molecule has 2 rings (SSSR count). The number of hydrogen-bond acceptors (Lipinski definition) is 3. The molecular weight excluding hydrogens is 337 g/mol. The SMILES string of the molecule is [Zn+][Br].[c-]1cccc(OCCC2OCCCO2)c1. The van der Waals surface area contributed by atoms with Crippen molar-refractivity contribution in [3.8, 4) is 5.75 Å². The van der Waals surface area contributed by atoms with Crippen LogP contribution < -0.4 is 4.74 Å². The van der Waals surface area contributed by atoms with E-state index in [-0.39, 0.29) is 6.29 Å². The van der Waals surface area contributed by atoms with Crippen molar-refractivity contribution in [2.24, 2.45) is 0 Å². The molecule has 0 amide bonds. The summed E-state index contributed by atoms with van der Waals surface area (Å²) in [6, 6.07) is 10.5. The van der Waals surface area contributed by atoms with E-state index < -0.39 is 0 Å². The monoisotopic (exact) mass is 350 g/mol. The van der Waals surface area contributed by atoms with Crippen LogP contribution in [0, 0.1) is 6.07 Å². The molecule has 5 heteroatoms. The largest absolute Gasteiger partial charge is 0.551 e. The molecule has 0 aromatic heterocycles. The van der Waals surface area contributed by atoms with Crippen LogP contribution in [0.1, 0.15) is 12.8 Å². The third-order valence-corrected chi connectivity index (χ3v) is 2.20. The van der Waals surface area contributed by atoms with Crippen molar-refractivity contribution >= 4 is 13.6 Å². The normalized spacial score (nSPS) is 15.9. The van der Waals surface area contributed by atoms with Crippen molar-refractivity contribution in [1.29, 1.82) is 0 Å². The van der Waals surface area contributed by atoms with Gasteiger partial charge >= 0.3 is 30.0 Å². The number of hydrogen-bond donors (Lipinski definition) is 0. The zero-order valence-corrected chi connectivity index (χ0v) is 14.3. The average Bonchev–Trinajstić information content (AvgIpc) is 2.43. The summed E-state index contributed by atoms with van der Waals surface area (Å²) in [4.78, 5) is 0. The van der Waals surface area contributed by atoms with Gasteiger partial charge in [0.1, 0.15) is 0 Å². The molecule has 1 heterocycles. The molecular formula is C12H15BrO3Zn. The second-order valence-corrected chi connectivity index (χ2v) is 3.40. The fourth-order valence-electron chi connectivity index (χ4n) is 1.44. The summed E-state index contributed by atoms with van der Waals surface area (Å²) in [5.41, 5.74) is 0. The van der Waals surface area contributed by atoms with Crippen molar-refractivity contribution in [3.63, 3.8) is 0 Å². The molecule has 17 heavy (non-hydrogen) atoms. The van der Waals surface area contributed by atoms with Gasteiger partial charge in [-0.1, -0.05) is 0 Å². The van der Waals surface area contributed by atoms with Gasteiger partial charge in [-0.15, -0.1) is 12.1 Å². The van der Waals surface area contributed by atoms with E-state index in [1.807, 2.05) is 24.3 Å². The molecule has 0 unspecified atom stereocenters. The average molecular weight is 353 g/mol. The summed E-state index contributed by atoms with van der Waals surface area (Å²) < 4.78 is 16.3. The zero-order valence-electron chi connectivity index (χ0n) is 9.73. The summed E-state index contributed by atoms with van der Waals surface area (Å²) in [5.74, 6) is 0.841. The quantitative estimate of drug-likeness (QED) is 0.616. The first-order valence-corrected chi connectivity index (χ1v) is 12.5. The first-order chi connectivity index (χ1) is 8.45. The van der Waals surface area contributed by atoms with E-state index in [9.17, 15) is 0 Å². The van der Waals surface area contributed by atoms with Gasteiger partial charge in [-0.05, 0) is 6.42 Å². The Morgan fingerprint density at radius 1 is 1.41 bits per heavy atom. The molecule has 1 aliphatic heterocycles. The minimum absolute atomic E-state index is 0.0913. The van der Waals surface area contributed by atoms with Crippen molar-refractivity contribution in [3.05, 3.63) is 30.3 Å². The smallest absolute Gasteiger partial charge is 0.160 e. The Hall–Kier alpha value is 0.0434. The van der Waals surface area contributed by atoms with Crippen LogP contribution in [0.15, 0.2) is 24.3 Å². The Kier molecular flexibility index (Phi) is 8.89. The van der Waals surface area contributed by atoms with E-state index in [2.05, 4.69) is 19.7 Å². The van der Waals surface area contributed by atoms with Crippen LogP contribution >= 0.6 is 13.6 Å². The predicted molar refractivity (Wildman–Crippen MR) is 64.6 cm³/mol. The molecule has 0 bridgehead atoms. The third-order valence-electron chi connectivity index (χ3n) is 2.20. The van der Waals surface area contributed by atoms with Crippen molar-refractivity contribution in [1.82, 2.24) is 0 Å². The summed E-state index contributed by atoms with van der Waals surface area (Å²) in [6.07, 6.45) is 1.67. The van der Waals surface area contributed by atoms with Crippen molar-refractivity contribution < 1.29 is 30.6 Å². The van der Waals surface area contributed by atoms with Crippen LogP contribution in [0.25, 0.3) is 0 Å². The van der Waals surface area contributed by atoms with Gasteiger partial charge in [0, 0.05) is 12.2 Å². The molecule has 1 aliphatic rings. The van der Waals surface area contributed by atoms with Crippen molar-refractivity contribution in [2.75, 3.05) is 19.8 Å². The first-order valence-electron chi connectivity index (χ1n) is 5.54. The van der Waals surface area contributed by atoms with E-state index in [0.29, 0.717) is 6.61 Å². The molecule has 3 nitrogen and oxygen atoms in total. The van der Waals surface area contributed by atoms with Gasteiger partial charge in [0.2, 0.25) is 0 Å². The molecule has 90 valence electrons. The van der Waals surface area contributed by atoms with Crippen LogP contribution in [0.2, 0.25) is 0 Å². The third kappa shape index (κ3) is 6.51. The van der Waals surface area contributed by atoms with Gasteiger partial charge in [0.05, 0.1) is 19.8 Å². The molecule has 0 atom stereocenters. The van der Waals surface area contributed by atoms with Gasteiger partial charge in [-0.3, -0.25) is 0 Å². The summed E-state index contributed by atoms with van der Waals surface area (Å²) in [6.45, 7) is 2.20. The van der Waals surface area contributed by atoms with Crippen LogP contribution in [0.4, 0.5) is 0 Å². The van der Waals surface area contributed by atoms with Crippen LogP contribution in [0.5, 0.6) is 5.75 Å². The first kappa shape index (κ1) is 15.1. The number of ether oxygens (including phenoxy) is 3. The number of halogens is 1. The maximum absolute atomic E-state index is 5.52. The standard InChI is InChI=1S/C12H15O3.BrH.Zn/c1-2-5-11(6-3-1)13-10-7-12-14-8-4-9-15-12;;/h1-2,5-6,12H,4,7-10H2;1H;/q-1;;+2/p-1. The Morgan fingerprint density at radius 3 is 2.82 bits per heavy atom. The fraction of sp³-hybridized carbons (Fsp3) is 0.500. The van der Waals surface area contributed by atoms with E-state index in [4.69, 9.17) is 14.2 Å². The van der Waals surface area contributed by atoms with Gasteiger partial charge in [-0.25, -0.2) is 0 Å². The molecule has 1 aromatic carbocycles. The molecule has 0 aliphatic carbocycles. The van der Waals surface area contributed by atoms with E-state index in [0.717, 1.165) is 31.8 Å². The predicted octanol–water partition coefficient (Wildman–Crippen LogP) is 2.86. The van der Waals surface area contributed by atoms with Crippen LogP contribution in [-0.4, -0.2) is 26.1 Å². The van der Waals surface area contributed by atoms with Gasteiger partial charge in [0.15, 0.2) is 6.29 Å². The minimum Gasteiger partial charge on any atom is -0.551 e. The molecule has 1 aromatic rings. The Bertz CT molecular complexity index is 278. The van der Waals surface area contributed by atoms with Gasteiger partial charge < -0.3 is 14.2 Å². The van der Waals surface area contributed by atoms with Crippen LogP contribution in [0.3, 0.4) is 0 Å². The second kappa shape index (κ2) is 10.0. The molecule has 0 radical (unpaired) electrons. The Labute approximate surface area is 119 Å². The van der Waals surface area contributed by atoms with Gasteiger partial charge in [-0.2, -0.15) is 18.2 Å². The van der Waals surface area contributed by atoms with E-state index in [1.165, 1.54) is 16.3 Å². The maximum atomic E-state index is 5.52. The molecule has 0 saturated carbocycles. The Balaban J connectivity index is 0.000000686. The zero-order chi connectivity index (χ0) is 12.3. The van der Waals surface area contributed by atoms with E-state index >= 15 is 0 Å². The molecule has 0 N–H and O–H groups in total. The van der Waals surface area contributed by atoms with Crippen LogP contribution in [-0.2, 0) is 25.8 Å². The topological polar surface area (TPSA) is 27.7 Å². The molecule has 1 fully saturated rings.